The van der Waals surface area contributed by atoms with Gasteiger partial charge in [-0.25, -0.2) is 0 Å². The first-order valence-corrected chi connectivity index (χ1v) is 8.41. The molecule has 8 bridgehead atoms. The van der Waals surface area contributed by atoms with E-state index in [-0.39, 0.29) is 47.7 Å². The summed E-state index contributed by atoms with van der Waals surface area (Å²) in [6.45, 7) is 3.33. The molecule has 2 aliphatic heterocycles. The van der Waals surface area contributed by atoms with Crippen LogP contribution in [0, 0.1) is 46.3 Å². The van der Waals surface area contributed by atoms with Gasteiger partial charge in [0.2, 0.25) is 0 Å². The van der Waals surface area contributed by atoms with E-state index in [9.17, 15) is 20.4 Å². The third kappa shape index (κ3) is 0.634. The van der Waals surface area contributed by atoms with Crippen molar-refractivity contribution < 1.29 is 29.9 Å². The maximum Gasteiger partial charge on any atom is 0.170 e. The fourth-order valence-corrected chi connectivity index (χ4v) is 9.97. The Labute approximate surface area is 127 Å². The highest BCUT2D eigenvalue weighted by Gasteiger charge is 3.06. The van der Waals surface area contributed by atoms with Gasteiger partial charge >= 0.3 is 0 Å². The molecule has 8 rings (SSSR count). The van der Waals surface area contributed by atoms with Crippen molar-refractivity contribution in [1.29, 1.82) is 0 Å². The summed E-state index contributed by atoms with van der Waals surface area (Å²) in [6.07, 6.45) is -2.06. The highest BCUT2D eigenvalue weighted by atomic mass is 16.7. The Bertz CT molecular complexity index is 605. The molecule has 6 saturated carbocycles. The summed E-state index contributed by atoms with van der Waals surface area (Å²) in [5.74, 6) is -2.53. The summed E-state index contributed by atoms with van der Waals surface area (Å²) in [6, 6.07) is 0. The van der Waals surface area contributed by atoms with Gasteiger partial charge in [0.25, 0.3) is 0 Å². The zero-order valence-corrected chi connectivity index (χ0v) is 12.4. The van der Waals surface area contributed by atoms with Gasteiger partial charge in [-0.3, -0.25) is 0 Å². The molecule has 0 aromatic rings. The highest BCUT2D eigenvalue weighted by Crippen LogP contribution is 2.99. The lowest BCUT2D eigenvalue weighted by Gasteiger charge is -2.57. The SMILES string of the molecule is C[C@@]1(O)O[C@@H]2[C@H](O)[C@H]3[C@@H]4[C@H]5[C@@H]6[C@@H](O)[C@@H]7O[C@@](C)(O)[C@]3([C@@H]75)[C@]61[C@H]24. The van der Waals surface area contributed by atoms with Crippen LogP contribution >= 0.6 is 0 Å². The van der Waals surface area contributed by atoms with Crippen molar-refractivity contribution in [2.75, 3.05) is 0 Å². The predicted molar refractivity (Wildman–Crippen MR) is 68.8 cm³/mol. The Hall–Kier alpha value is -0.240. The van der Waals surface area contributed by atoms with Crippen molar-refractivity contribution >= 4 is 0 Å². The summed E-state index contributed by atoms with van der Waals surface area (Å²) in [5.41, 5.74) is -1.38. The van der Waals surface area contributed by atoms with E-state index >= 15 is 0 Å². The van der Waals surface area contributed by atoms with Gasteiger partial charge in [-0.2, -0.15) is 0 Å². The fourth-order valence-electron chi connectivity index (χ4n) is 9.97. The van der Waals surface area contributed by atoms with Crippen molar-refractivity contribution in [3.63, 3.8) is 0 Å². The number of ether oxygens (including phenoxy) is 2. The van der Waals surface area contributed by atoms with Gasteiger partial charge in [-0.05, 0) is 25.7 Å². The second kappa shape index (κ2) is 2.61. The summed E-state index contributed by atoms with van der Waals surface area (Å²) >= 11 is 0. The van der Waals surface area contributed by atoms with Crippen LogP contribution in [0.5, 0.6) is 0 Å². The molecule has 0 aromatic carbocycles. The lowest BCUT2D eigenvalue weighted by atomic mass is 9.45. The molecule has 2 spiro atoms. The lowest BCUT2D eigenvalue weighted by molar-refractivity contribution is -0.308. The second-order valence-corrected chi connectivity index (χ2v) is 9.11. The van der Waals surface area contributed by atoms with Crippen molar-refractivity contribution in [1.82, 2.24) is 0 Å². The quantitative estimate of drug-likeness (QED) is 0.442. The van der Waals surface area contributed by atoms with Crippen molar-refractivity contribution in [3.05, 3.63) is 0 Å². The molecule has 0 amide bonds. The summed E-state index contributed by atoms with van der Waals surface area (Å²) in [4.78, 5) is 0. The Morgan fingerprint density at radius 1 is 0.682 bits per heavy atom. The molecule has 14 atom stereocenters. The first kappa shape index (κ1) is 12.2. The zero-order valence-electron chi connectivity index (χ0n) is 12.4. The first-order chi connectivity index (χ1) is 10.2. The molecule has 6 aliphatic carbocycles. The van der Waals surface area contributed by atoms with Crippen LogP contribution in [-0.4, -0.2) is 56.4 Å². The maximum atomic E-state index is 11.2. The molecule has 8 aliphatic rings. The van der Waals surface area contributed by atoms with Crippen LogP contribution in [0.1, 0.15) is 13.8 Å². The number of rotatable bonds is 0. The standard InChI is InChI=1S/C16H20O6/c1-13(19)15-5-3-4-6(10(18)11(21-13)7(4)15)16(15)8(3)12(9(5)17)22-14(16,2)20/h3-12,17-20H,1-2H3/t3-,4-,5+,6+,7-,8+,9+,10+,11-,12+,13+,14+,15-,16-/m0/s1. The van der Waals surface area contributed by atoms with Gasteiger partial charge in [-0.15, -0.1) is 0 Å². The van der Waals surface area contributed by atoms with Crippen molar-refractivity contribution in [2.45, 2.75) is 49.8 Å². The van der Waals surface area contributed by atoms with Gasteiger partial charge in [0, 0.05) is 34.5 Å². The number of aliphatic hydroxyl groups excluding tert-OH is 2. The molecule has 4 N–H and O–H groups in total. The second-order valence-electron chi connectivity index (χ2n) is 9.11. The minimum Gasteiger partial charge on any atom is -0.390 e. The molecule has 6 nitrogen and oxygen atoms in total. The largest absolute Gasteiger partial charge is 0.390 e. The Morgan fingerprint density at radius 2 is 1.05 bits per heavy atom. The molecular weight excluding hydrogens is 288 g/mol. The number of aliphatic hydroxyl groups is 4. The van der Waals surface area contributed by atoms with Gasteiger partial charge in [-0.1, -0.05) is 0 Å². The monoisotopic (exact) mass is 308 g/mol. The van der Waals surface area contributed by atoms with Crippen LogP contribution in [0.15, 0.2) is 0 Å². The topological polar surface area (TPSA) is 99.4 Å². The van der Waals surface area contributed by atoms with Crippen LogP contribution < -0.4 is 0 Å². The van der Waals surface area contributed by atoms with E-state index in [1.807, 2.05) is 0 Å². The van der Waals surface area contributed by atoms with E-state index in [0.717, 1.165) is 0 Å². The molecule has 0 unspecified atom stereocenters. The zero-order chi connectivity index (χ0) is 15.2. The molecule has 0 radical (unpaired) electrons. The summed E-state index contributed by atoms with van der Waals surface area (Å²) in [7, 11) is 0. The highest BCUT2D eigenvalue weighted by molar-refractivity contribution is 5.49. The molecule has 6 heteroatoms. The maximum absolute atomic E-state index is 11.2. The number of hydrogen-bond acceptors (Lipinski definition) is 6. The van der Waals surface area contributed by atoms with Crippen LogP contribution in [0.3, 0.4) is 0 Å². The average molecular weight is 308 g/mol. The smallest absolute Gasteiger partial charge is 0.170 e. The van der Waals surface area contributed by atoms with E-state index in [1.54, 1.807) is 13.8 Å². The van der Waals surface area contributed by atoms with Gasteiger partial charge in [0.15, 0.2) is 11.6 Å². The van der Waals surface area contributed by atoms with Crippen LogP contribution in [-0.2, 0) is 9.47 Å². The van der Waals surface area contributed by atoms with E-state index < -0.39 is 34.6 Å². The van der Waals surface area contributed by atoms with E-state index in [2.05, 4.69) is 0 Å². The average Bonchev–Trinajstić information content (AvgIpc) is 3.17. The van der Waals surface area contributed by atoms with Gasteiger partial charge < -0.3 is 29.9 Å². The Morgan fingerprint density at radius 3 is 1.41 bits per heavy atom. The molecule has 2 heterocycles. The van der Waals surface area contributed by atoms with E-state index in [0.29, 0.717) is 0 Å². The van der Waals surface area contributed by atoms with E-state index in [4.69, 9.17) is 9.47 Å². The Balaban J connectivity index is 1.67. The molecule has 2 saturated heterocycles. The minimum atomic E-state index is -1.44. The normalized spacial score (nSPS) is 87.0. The summed E-state index contributed by atoms with van der Waals surface area (Å²) in [5, 5.41) is 44.1. The van der Waals surface area contributed by atoms with Crippen molar-refractivity contribution in [3.8, 4) is 0 Å². The minimum absolute atomic E-state index is 0.0255. The molecule has 120 valence electrons. The van der Waals surface area contributed by atoms with Crippen LogP contribution in [0.2, 0.25) is 0 Å². The summed E-state index contributed by atoms with van der Waals surface area (Å²) < 4.78 is 11.9. The van der Waals surface area contributed by atoms with Gasteiger partial charge in [0.05, 0.1) is 24.4 Å². The van der Waals surface area contributed by atoms with E-state index in [1.165, 1.54) is 0 Å². The van der Waals surface area contributed by atoms with Crippen LogP contribution in [0.4, 0.5) is 0 Å². The molecule has 22 heavy (non-hydrogen) atoms. The van der Waals surface area contributed by atoms with Gasteiger partial charge in [0.1, 0.15) is 0 Å². The van der Waals surface area contributed by atoms with Crippen molar-refractivity contribution in [2.24, 2.45) is 46.3 Å². The lowest BCUT2D eigenvalue weighted by Crippen LogP contribution is -2.68. The third-order valence-electron chi connectivity index (χ3n) is 9.27. The molecule has 8 fully saturated rings. The number of hydrogen-bond donors (Lipinski definition) is 4. The first-order valence-electron chi connectivity index (χ1n) is 8.41. The predicted octanol–water partition coefficient (Wildman–Crippen LogP) is -1.34. The molecule has 0 aromatic heterocycles. The van der Waals surface area contributed by atoms with Crippen LogP contribution in [0.25, 0.3) is 0 Å². The Kier molecular flexibility index (Phi) is 1.44. The third-order valence-corrected chi connectivity index (χ3v) is 9.27. The molecular formula is C16H20O6. The fraction of sp³-hybridized carbons (Fsp3) is 1.00.